The molecule has 1 aliphatic carbocycles. The van der Waals surface area contributed by atoms with Gasteiger partial charge in [-0.1, -0.05) is 51.7 Å². The molecule has 3 aromatic rings. The van der Waals surface area contributed by atoms with Crippen molar-refractivity contribution >= 4 is 29.5 Å². The minimum Gasteiger partial charge on any atom is -0.487 e. The zero-order valence-corrected chi connectivity index (χ0v) is 32.4. The van der Waals surface area contributed by atoms with E-state index >= 15 is 0 Å². The normalized spacial score (nSPS) is 18.4. The molecule has 1 aliphatic rings. The molecule has 2 heterocycles. The number of aryl methyl sites for hydroxylation is 1. The van der Waals surface area contributed by atoms with Gasteiger partial charge < -0.3 is 24.8 Å². The number of allylic oxidation sites excluding steroid dienone is 1. The lowest BCUT2D eigenvalue weighted by molar-refractivity contribution is 0.000589. The summed E-state index contributed by atoms with van der Waals surface area (Å²) in [6.45, 7) is 13.3. The summed E-state index contributed by atoms with van der Waals surface area (Å²) < 4.78 is 18.0. The van der Waals surface area contributed by atoms with Crippen LogP contribution in [0.2, 0.25) is 0 Å². The number of thiazole rings is 1. The third-order valence-corrected chi connectivity index (χ3v) is 10.7. The van der Waals surface area contributed by atoms with Crippen molar-refractivity contribution < 1.29 is 14.2 Å². The number of nitrogens with one attached hydrogen (secondary N) is 4. The fourth-order valence-electron chi connectivity index (χ4n) is 6.56. The van der Waals surface area contributed by atoms with Crippen LogP contribution in [-0.2, 0) is 16.1 Å². The Balaban J connectivity index is 1.42. The van der Waals surface area contributed by atoms with Gasteiger partial charge in [-0.25, -0.2) is 15.0 Å². The second kappa shape index (κ2) is 20.6. The molecule has 0 spiro atoms. The van der Waals surface area contributed by atoms with E-state index in [1.54, 1.807) is 42.1 Å². The molecule has 11 nitrogen and oxygen atoms in total. The van der Waals surface area contributed by atoms with Crippen LogP contribution in [0.1, 0.15) is 101 Å². The molecule has 52 heavy (non-hydrogen) atoms. The van der Waals surface area contributed by atoms with E-state index in [-0.39, 0.29) is 24.5 Å². The van der Waals surface area contributed by atoms with E-state index in [1.165, 1.54) is 38.5 Å². The summed E-state index contributed by atoms with van der Waals surface area (Å²) in [5.74, 6) is 2.37. The highest BCUT2D eigenvalue weighted by Crippen LogP contribution is 2.37. The fraction of sp³-hybridized carbons (Fsp3) is 0.550. The van der Waals surface area contributed by atoms with Gasteiger partial charge in [0.05, 0.1) is 46.2 Å². The first kappa shape index (κ1) is 40.4. The number of benzene rings is 1. The molecule has 1 aromatic carbocycles. The van der Waals surface area contributed by atoms with Crippen LogP contribution in [0.25, 0.3) is 11.1 Å². The Bertz CT molecular complexity index is 1640. The van der Waals surface area contributed by atoms with Gasteiger partial charge in [0.25, 0.3) is 0 Å². The Morgan fingerprint density at radius 3 is 2.44 bits per heavy atom. The third-order valence-electron chi connectivity index (χ3n) is 9.77. The lowest BCUT2D eigenvalue weighted by atomic mass is 9.75. The van der Waals surface area contributed by atoms with Crippen molar-refractivity contribution in [1.29, 1.82) is 16.1 Å². The number of nitriles is 1. The molecular weight excluding hydrogens is 673 g/mol. The van der Waals surface area contributed by atoms with E-state index < -0.39 is 0 Å². The smallest absolute Gasteiger partial charge is 0.230 e. The number of hydrogen-bond acceptors (Lipinski definition) is 11. The molecular formula is C40H56N8O3S. The summed E-state index contributed by atoms with van der Waals surface area (Å²) in [4.78, 5) is 14.5. The Kier molecular flexibility index (Phi) is 16.0. The van der Waals surface area contributed by atoms with Gasteiger partial charge in [0, 0.05) is 24.2 Å². The van der Waals surface area contributed by atoms with Gasteiger partial charge in [-0.2, -0.15) is 5.26 Å². The molecule has 2 aromatic heterocycles. The minimum absolute atomic E-state index is 0.0357. The molecule has 0 radical (unpaired) electrons. The number of anilines is 1. The Morgan fingerprint density at radius 1 is 1.04 bits per heavy atom. The van der Waals surface area contributed by atoms with E-state index in [0.717, 1.165) is 46.1 Å². The van der Waals surface area contributed by atoms with Gasteiger partial charge >= 0.3 is 0 Å². The molecule has 1 fully saturated rings. The molecule has 0 saturated heterocycles. The van der Waals surface area contributed by atoms with E-state index in [1.807, 2.05) is 19.9 Å². The first-order valence-electron chi connectivity index (χ1n) is 18.6. The molecule has 12 heteroatoms. The summed E-state index contributed by atoms with van der Waals surface area (Å²) in [5, 5.41) is 32.8. The monoisotopic (exact) mass is 728 g/mol. The summed E-state index contributed by atoms with van der Waals surface area (Å²) in [6, 6.07) is 7.55. The molecule has 4 atom stereocenters. The van der Waals surface area contributed by atoms with Crippen LogP contribution in [0.5, 0.6) is 5.75 Å². The first-order chi connectivity index (χ1) is 25.1. The minimum atomic E-state index is -0.249. The maximum Gasteiger partial charge on any atom is 0.230 e. The lowest BCUT2D eigenvalue weighted by Crippen LogP contribution is -2.27. The highest BCUT2D eigenvalue weighted by Gasteiger charge is 2.26. The van der Waals surface area contributed by atoms with E-state index in [2.05, 4.69) is 65.4 Å². The van der Waals surface area contributed by atoms with Gasteiger partial charge in [-0.05, 0) is 88.8 Å². The summed E-state index contributed by atoms with van der Waals surface area (Å²) in [5.41, 5.74) is 2.52. The Hall–Kier alpha value is -4.34. The Morgan fingerprint density at radius 2 is 1.79 bits per heavy atom. The lowest BCUT2D eigenvalue weighted by Gasteiger charge is -2.32. The summed E-state index contributed by atoms with van der Waals surface area (Å²) >= 11 is 1.56. The van der Waals surface area contributed by atoms with Crippen LogP contribution in [0.15, 0.2) is 48.6 Å². The zero-order chi connectivity index (χ0) is 37.5. The van der Waals surface area contributed by atoms with Crippen molar-refractivity contribution in [2.45, 2.75) is 118 Å². The first-order valence-corrected chi connectivity index (χ1v) is 19.4. The van der Waals surface area contributed by atoms with Crippen molar-refractivity contribution in [1.82, 2.24) is 20.3 Å². The third kappa shape index (κ3) is 12.7. The quantitative estimate of drug-likeness (QED) is 0.0657. The summed E-state index contributed by atoms with van der Waals surface area (Å²) in [6.07, 6.45) is 18.3. The fourth-order valence-corrected chi connectivity index (χ4v) is 7.27. The molecule has 2 unspecified atom stereocenters. The highest BCUT2D eigenvalue weighted by atomic mass is 32.1. The van der Waals surface area contributed by atoms with Crippen molar-refractivity contribution in [3.05, 3.63) is 64.0 Å². The predicted molar refractivity (Wildman–Crippen MR) is 209 cm³/mol. The van der Waals surface area contributed by atoms with E-state index in [0.29, 0.717) is 47.6 Å². The van der Waals surface area contributed by atoms with Gasteiger partial charge in [-0.15, -0.1) is 11.3 Å². The van der Waals surface area contributed by atoms with E-state index in [9.17, 15) is 5.26 Å². The van der Waals surface area contributed by atoms with Crippen molar-refractivity contribution in [3.63, 3.8) is 0 Å². The second-order valence-corrected chi connectivity index (χ2v) is 15.3. The number of aromatic nitrogens is 3. The number of nitrogens with zero attached hydrogens (tertiary/aromatic N) is 4. The van der Waals surface area contributed by atoms with Gasteiger partial charge in [0.2, 0.25) is 11.8 Å². The standard InChI is InChI=1S/C40H56N8O3S/c1-7-27(3)50-28(4)9-8-10-31-11-13-32(14-12-31)26(2)17-37(39(43)49-24-36-23-45-30(6)52-36)48-40-46-21-35(22-47-40)33-15-16-34(19-41)38(18-33)51-29(5)20-44-25-42/h15-18,21-23,25-29,31-32,43H,7-14,20,24H2,1-6H3,(H2,42,44)(H,46,47,48)/b37-17+,43-39?/t26?,27?,28-,29-,31?,32?/m0/s1. The molecule has 0 bridgehead atoms. The van der Waals surface area contributed by atoms with Gasteiger partial charge in [0.15, 0.2) is 0 Å². The van der Waals surface area contributed by atoms with Crippen molar-refractivity contribution in [2.24, 2.45) is 17.8 Å². The van der Waals surface area contributed by atoms with Gasteiger partial charge in [0.1, 0.15) is 24.5 Å². The molecule has 280 valence electrons. The average molecular weight is 729 g/mol. The molecule has 4 rings (SSSR count). The number of hydrogen-bond donors (Lipinski definition) is 4. The van der Waals surface area contributed by atoms with Gasteiger partial charge in [-0.3, -0.25) is 10.8 Å². The number of rotatable bonds is 20. The summed E-state index contributed by atoms with van der Waals surface area (Å²) in [7, 11) is 0. The van der Waals surface area contributed by atoms with Crippen molar-refractivity contribution in [2.75, 3.05) is 11.9 Å². The number of ether oxygens (including phenoxy) is 3. The van der Waals surface area contributed by atoms with Crippen LogP contribution < -0.4 is 15.4 Å². The molecule has 0 amide bonds. The second-order valence-electron chi connectivity index (χ2n) is 14.0. The van der Waals surface area contributed by atoms with Crippen molar-refractivity contribution in [3.8, 4) is 22.9 Å². The Labute approximate surface area is 313 Å². The van der Waals surface area contributed by atoms with Crippen LogP contribution >= 0.6 is 11.3 Å². The van der Waals surface area contributed by atoms with Crippen LogP contribution in [0, 0.1) is 46.8 Å². The SMILES string of the molecule is CCC(C)O[C@@H](C)CCCC1CCC(C(C)/C=C(/Nc2ncc(-c3ccc(C#N)c(O[C@@H](C)CNC=N)c3)cn2)C(=N)OCc2cnc(C)s2)CC1. The zero-order valence-electron chi connectivity index (χ0n) is 31.6. The maximum atomic E-state index is 9.62. The highest BCUT2D eigenvalue weighted by molar-refractivity contribution is 7.11. The molecule has 4 N–H and O–H groups in total. The maximum absolute atomic E-state index is 9.62. The predicted octanol–water partition coefficient (Wildman–Crippen LogP) is 9.05. The molecule has 1 saturated carbocycles. The topological polar surface area (TPSA) is 162 Å². The van der Waals surface area contributed by atoms with Crippen LogP contribution in [0.3, 0.4) is 0 Å². The largest absolute Gasteiger partial charge is 0.487 e. The van der Waals surface area contributed by atoms with Crippen LogP contribution in [-0.4, -0.2) is 52.0 Å². The van der Waals surface area contributed by atoms with Crippen LogP contribution in [0.4, 0.5) is 5.95 Å². The average Bonchev–Trinajstić information content (AvgIpc) is 3.57. The molecule has 0 aliphatic heterocycles. The van der Waals surface area contributed by atoms with E-state index in [4.69, 9.17) is 25.0 Å².